The van der Waals surface area contributed by atoms with Crippen molar-refractivity contribution in [2.45, 2.75) is 32.9 Å². The zero-order valence-corrected chi connectivity index (χ0v) is 11.1. The first kappa shape index (κ1) is 12.0. The molecular weight excluding hydrogens is 224 g/mol. The van der Waals surface area contributed by atoms with E-state index >= 15 is 0 Å². The smallest absolute Gasteiger partial charge is 0.0471 e. The summed E-state index contributed by atoms with van der Waals surface area (Å²) in [5.41, 5.74) is 10.0. The van der Waals surface area contributed by atoms with E-state index in [9.17, 15) is 0 Å². The number of nitrogens with two attached hydrogens (primary N) is 1. The molecule has 1 aromatic rings. The van der Waals surface area contributed by atoms with Gasteiger partial charge in [0.1, 0.15) is 0 Å². The fourth-order valence-electron chi connectivity index (χ4n) is 3.16. The lowest BCUT2D eigenvalue weighted by Gasteiger charge is -2.36. The van der Waals surface area contributed by atoms with Crippen molar-refractivity contribution in [2.24, 2.45) is 5.41 Å². The molecule has 18 heavy (non-hydrogen) atoms. The van der Waals surface area contributed by atoms with E-state index in [-0.39, 0.29) is 0 Å². The summed E-state index contributed by atoms with van der Waals surface area (Å²) in [4.78, 5) is 2.55. The highest BCUT2D eigenvalue weighted by atomic mass is 16.5. The fourth-order valence-corrected chi connectivity index (χ4v) is 3.16. The van der Waals surface area contributed by atoms with Gasteiger partial charge >= 0.3 is 0 Å². The number of nitrogens with zero attached hydrogens (tertiary/aromatic N) is 1. The van der Waals surface area contributed by atoms with E-state index in [1.807, 2.05) is 6.07 Å². The van der Waals surface area contributed by atoms with Crippen LogP contribution in [0.15, 0.2) is 18.2 Å². The Bertz CT molecular complexity index is 438. The molecule has 1 fully saturated rings. The number of rotatable bonds is 2. The SMILES string of the molecule is CC1(CN2Cc3ccc(N)cc3C2)CCOCC1. The van der Waals surface area contributed by atoms with Crippen molar-refractivity contribution >= 4 is 5.69 Å². The van der Waals surface area contributed by atoms with Crippen molar-refractivity contribution in [3.63, 3.8) is 0 Å². The Kier molecular flexibility index (Phi) is 3.04. The molecule has 0 aliphatic carbocycles. The molecule has 0 amide bonds. The minimum atomic E-state index is 0.422. The second kappa shape index (κ2) is 4.56. The molecule has 0 spiro atoms. The number of hydrogen-bond donors (Lipinski definition) is 1. The Morgan fingerprint density at radius 1 is 1.22 bits per heavy atom. The number of fused-ring (bicyclic) bond motifs is 1. The van der Waals surface area contributed by atoms with E-state index < -0.39 is 0 Å². The Hall–Kier alpha value is -1.06. The predicted octanol–water partition coefficient (Wildman–Crippen LogP) is 2.40. The van der Waals surface area contributed by atoms with E-state index in [1.54, 1.807) is 0 Å². The van der Waals surface area contributed by atoms with Gasteiger partial charge < -0.3 is 10.5 Å². The molecular formula is C15H22N2O. The number of benzene rings is 1. The lowest BCUT2D eigenvalue weighted by atomic mass is 9.82. The van der Waals surface area contributed by atoms with Crippen LogP contribution in [0.5, 0.6) is 0 Å². The molecule has 3 rings (SSSR count). The van der Waals surface area contributed by atoms with Crippen LogP contribution >= 0.6 is 0 Å². The van der Waals surface area contributed by atoms with Crippen molar-refractivity contribution in [2.75, 3.05) is 25.5 Å². The Morgan fingerprint density at radius 3 is 2.72 bits per heavy atom. The Balaban J connectivity index is 1.67. The number of hydrogen-bond acceptors (Lipinski definition) is 3. The highest BCUT2D eigenvalue weighted by Gasteiger charge is 2.31. The molecule has 0 bridgehead atoms. The molecule has 2 N–H and O–H groups in total. The molecule has 2 aliphatic rings. The standard InChI is InChI=1S/C15H22N2O/c1-15(4-6-18-7-5-15)11-17-9-12-2-3-14(16)8-13(12)10-17/h2-3,8H,4-7,9-11,16H2,1H3. The summed E-state index contributed by atoms with van der Waals surface area (Å²) in [5, 5.41) is 0. The second-order valence-electron chi connectivity index (χ2n) is 6.10. The van der Waals surface area contributed by atoms with Crippen LogP contribution < -0.4 is 5.73 Å². The van der Waals surface area contributed by atoms with Gasteiger partial charge in [0.2, 0.25) is 0 Å². The second-order valence-corrected chi connectivity index (χ2v) is 6.10. The maximum Gasteiger partial charge on any atom is 0.0471 e. The van der Waals surface area contributed by atoms with Crippen LogP contribution in [0.1, 0.15) is 30.9 Å². The first-order valence-electron chi connectivity index (χ1n) is 6.82. The molecule has 1 aromatic carbocycles. The molecule has 2 aliphatic heterocycles. The summed E-state index contributed by atoms with van der Waals surface area (Å²) in [6.07, 6.45) is 2.37. The molecule has 1 saturated heterocycles. The van der Waals surface area contributed by atoms with Gasteiger partial charge in [0.15, 0.2) is 0 Å². The van der Waals surface area contributed by atoms with Crippen molar-refractivity contribution in [1.29, 1.82) is 0 Å². The molecule has 0 atom stereocenters. The first-order valence-corrected chi connectivity index (χ1v) is 6.82. The normalized spacial score (nSPS) is 22.9. The number of nitrogen functional groups attached to an aromatic ring is 1. The summed E-state index contributed by atoms with van der Waals surface area (Å²) < 4.78 is 5.47. The fraction of sp³-hybridized carbons (Fsp3) is 0.600. The zero-order valence-electron chi connectivity index (χ0n) is 11.1. The highest BCUT2D eigenvalue weighted by molar-refractivity contribution is 5.46. The van der Waals surface area contributed by atoms with Crippen molar-refractivity contribution in [3.05, 3.63) is 29.3 Å². The van der Waals surface area contributed by atoms with Gasteiger partial charge in [-0.3, -0.25) is 4.90 Å². The van der Waals surface area contributed by atoms with Crippen LogP contribution in [-0.2, 0) is 17.8 Å². The molecule has 2 heterocycles. The molecule has 3 nitrogen and oxygen atoms in total. The average Bonchev–Trinajstić information content (AvgIpc) is 2.70. The van der Waals surface area contributed by atoms with Gasteiger partial charge in [-0.05, 0) is 41.5 Å². The summed E-state index contributed by atoms with van der Waals surface area (Å²) in [6, 6.07) is 6.32. The first-order chi connectivity index (χ1) is 8.65. The van der Waals surface area contributed by atoms with Crippen molar-refractivity contribution < 1.29 is 4.74 Å². The molecule has 98 valence electrons. The summed E-state index contributed by atoms with van der Waals surface area (Å²) in [6.45, 7) is 7.54. The van der Waals surface area contributed by atoms with Gasteiger partial charge in [-0.1, -0.05) is 13.0 Å². The Morgan fingerprint density at radius 2 is 1.94 bits per heavy atom. The third kappa shape index (κ3) is 2.38. The van der Waals surface area contributed by atoms with Crippen LogP contribution in [0.2, 0.25) is 0 Å². The summed E-state index contributed by atoms with van der Waals surface area (Å²) >= 11 is 0. The largest absolute Gasteiger partial charge is 0.399 e. The van der Waals surface area contributed by atoms with Crippen LogP contribution in [0.25, 0.3) is 0 Å². The van der Waals surface area contributed by atoms with Crippen molar-refractivity contribution in [1.82, 2.24) is 4.90 Å². The summed E-state index contributed by atoms with van der Waals surface area (Å²) in [7, 11) is 0. The lowest BCUT2D eigenvalue weighted by molar-refractivity contribution is 0.00431. The van der Waals surface area contributed by atoms with Crippen LogP contribution in [0.3, 0.4) is 0 Å². The average molecular weight is 246 g/mol. The van der Waals surface area contributed by atoms with Gasteiger partial charge in [-0.15, -0.1) is 0 Å². The van der Waals surface area contributed by atoms with Gasteiger partial charge in [0.05, 0.1) is 0 Å². The molecule has 0 radical (unpaired) electrons. The van der Waals surface area contributed by atoms with Gasteiger partial charge in [-0.25, -0.2) is 0 Å². The van der Waals surface area contributed by atoms with Gasteiger partial charge in [-0.2, -0.15) is 0 Å². The minimum absolute atomic E-state index is 0.422. The van der Waals surface area contributed by atoms with E-state index in [4.69, 9.17) is 10.5 Å². The number of anilines is 1. The third-order valence-corrected chi connectivity index (χ3v) is 4.32. The lowest BCUT2D eigenvalue weighted by Crippen LogP contribution is -2.37. The minimum Gasteiger partial charge on any atom is -0.399 e. The predicted molar refractivity (Wildman–Crippen MR) is 73.1 cm³/mol. The zero-order chi connectivity index (χ0) is 12.6. The van der Waals surface area contributed by atoms with Gasteiger partial charge in [0.25, 0.3) is 0 Å². The quantitative estimate of drug-likeness (QED) is 0.814. The highest BCUT2D eigenvalue weighted by Crippen LogP contribution is 2.34. The number of ether oxygens (including phenoxy) is 1. The molecule has 0 saturated carbocycles. The molecule has 0 unspecified atom stereocenters. The van der Waals surface area contributed by atoms with E-state index in [1.165, 1.54) is 30.5 Å². The Labute approximate surface area is 109 Å². The third-order valence-electron chi connectivity index (χ3n) is 4.32. The topological polar surface area (TPSA) is 38.5 Å². The van der Waals surface area contributed by atoms with E-state index in [0.29, 0.717) is 5.41 Å². The van der Waals surface area contributed by atoms with Crippen LogP contribution in [0.4, 0.5) is 5.69 Å². The van der Waals surface area contributed by atoms with Crippen molar-refractivity contribution in [3.8, 4) is 0 Å². The molecule has 0 aromatic heterocycles. The summed E-state index contributed by atoms with van der Waals surface area (Å²) in [5.74, 6) is 0. The monoisotopic (exact) mass is 246 g/mol. The van der Waals surface area contributed by atoms with Crippen LogP contribution in [-0.4, -0.2) is 24.7 Å². The maximum atomic E-state index is 5.85. The van der Waals surface area contributed by atoms with Gasteiger partial charge in [0, 0.05) is 38.5 Å². The van der Waals surface area contributed by atoms with Crippen LogP contribution in [0, 0.1) is 5.41 Å². The van der Waals surface area contributed by atoms with E-state index in [2.05, 4.69) is 24.0 Å². The molecule has 3 heteroatoms. The maximum absolute atomic E-state index is 5.85. The van der Waals surface area contributed by atoms with E-state index in [0.717, 1.165) is 32.0 Å².